The number of sulfone groups is 1. The Labute approximate surface area is 184 Å². The van der Waals surface area contributed by atoms with Crippen LogP contribution in [0.3, 0.4) is 0 Å². The lowest BCUT2D eigenvalue weighted by Crippen LogP contribution is -1.96. The van der Waals surface area contributed by atoms with Crippen LogP contribution in [0.1, 0.15) is 0 Å². The van der Waals surface area contributed by atoms with E-state index in [0.29, 0.717) is 11.3 Å². The van der Waals surface area contributed by atoms with Gasteiger partial charge in [-0.25, -0.2) is 17.8 Å². The van der Waals surface area contributed by atoms with Crippen LogP contribution in [0, 0.1) is 5.82 Å². The van der Waals surface area contributed by atoms with Gasteiger partial charge >= 0.3 is 0 Å². The minimum absolute atomic E-state index is 0.196. The number of nitrogens with one attached hydrogen (secondary N) is 1. The molecule has 4 nitrogen and oxygen atoms in total. The third-order valence-electron chi connectivity index (χ3n) is 5.12. The molecule has 0 amide bonds. The average Bonchev–Trinajstić information content (AvgIpc) is 3.12. The summed E-state index contributed by atoms with van der Waals surface area (Å²) in [6, 6.07) is 15.2. The Morgan fingerprint density at radius 1 is 1.00 bits per heavy atom. The number of nitrogens with zero attached hydrogens (tertiary/aromatic N) is 1. The Morgan fingerprint density at radius 2 is 1.73 bits per heavy atom. The highest BCUT2D eigenvalue weighted by atomic mass is 79.9. The first-order valence-corrected chi connectivity index (χ1v) is 12.0. The summed E-state index contributed by atoms with van der Waals surface area (Å²) in [4.78, 5) is 8.11. The Morgan fingerprint density at radius 3 is 2.47 bits per heavy atom. The van der Waals surface area contributed by atoms with Gasteiger partial charge in [0.15, 0.2) is 9.84 Å². The second-order valence-corrected chi connectivity index (χ2v) is 10.4. The maximum absolute atomic E-state index is 14.5. The molecule has 30 heavy (non-hydrogen) atoms. The largest absolute Gasteiger partial charge is 0.337 e. The Bertz CT molecular complexity index is 1590. The average molecular weight is 504 g/mol. The number of hydrogen-bond acceptors (Lipinski definition) is 3. The zero-order valence-corrected chi connectivity index (χ0v) is 18.7. The molecule has 0 aliphatic rings. The molecule has 0 saturated heterocycles. The van der Waals surface area contributed by atoms with Gasteiger partial charge in [-0.2, -0.15) is 0 Å². The number of aromatic nitrogens is 2. The summed E-state index contributed by atoms with van der Waals surface area (Å²) < 4.78 is 39.6. The highest BCUT2D eigenvalue weighted by Gasteiger charge is 2.19. The highest BCUT2D eigenvalue weighted by Crippen LogP contribution is 2.38. The Kier molecular flexibility index (Phi) is 4.39. The van der Waals surface area contributed by atoms with E-state index in [1.54, 1.807) is 30.3 Å². The first kappa shape index (κ1) is 19.5. The van der Waals surface area contributed by atoms with E-state index in [1.165, 1.54) is 12.3 Å². The fourth-order valence-corrected chi connectivity index (χ4v) is 5.01. The molecule has 1 aromatic heterocycles. The second kappa shape index (κ2) is 6.77. The number of hydrogen-bond donors (Lipinski definition) is 1. The summed E-state index contributed by atoms with van der Waals surface area (Å²) in [6.07, 6.45) is 1.18. The van der Waals surface area contributed by atoms with Crippen molar-refractivity contribution in [2.24, 2.45) is 0 Å². The van der Waals surface area contributed by atoms with Crippen LogP contribution in [0.5, 0.6) is 0 Å². The number of rotatable bonds is 2. The van der Waals surface area contributed by atoms with Crippen LogP contribution in [0.15, 0.2) is 64.0 Å². The van der Waals surface area contributed by atoms with Gasteiger partial charge in [-0.3, -0.25) is 0 Å². The van der Waals surface area contributed by atoms with Gasteiger partial charge in [0.2, 0.25) is 0 Å². The molecule has 4 aromatic carbocycles. The number of benzene rings is 4. The SMILES string of the molecule is CS(=O)(=O)c1ccc2c(c1)c1cc(Br)ccc1c1[nH]c(-c3c(F)cccc3Cl)nc21. The lowest BCUT2D eigenvalue weighted by Gasteiger charge is -2.08. The van der Waals surface area contributed by atoms with Crippen molar-refractivity contribution in [1.29, 1.82) is 0 Å². The normalized spacial score (nSPS) is 12.3. The van der Waals surface area contributed by atoms with Crippen molar-refractivity contribution in [3.63, 3.8) is 0 Å². The van der Waals surface area contributed by atoms with Crippen molar-refractivity contribution in [2.45, 2.75) is 4.90 Å². The Hall–Kier alpha value is -2.48. The van der Waals surface area contributed by atoms with Crippen molar-refractivity contribution >= 4 is 69.9 Å². The summed E-state index contributed by atoms with van der Waals surface area (Å²) in [5, 5.41) is 3.46. The van der Waals surface area contributed by atoms with Gasteiger partial charge in [0.05, 0.1) is 26.5 Å². The molecule has 0 radical (unpaired) electrons. The molecule has 0 saturated carbocycles. The summed E-state index contributed by atoms with van der Waals surface area (Å²) in [5.74, 6) is -0.158. The zero-order valence-electron chi connectivity index (χ0n) is 15.5. The lowest BCUT2D eigenvalue weighted by molar-refractivity contribution is 0.602. The standard InChI is InChI=1S/C22H13BrClFN2O2S/c1-30(28,29)12-6-8-14-16(10-12)15-9-11(23)5-7-13(15)20-21(14)27-22(26-20)19-17(24)3-2-4-18(19)25/h2-10H,1H3,(H,26,27). The summed E-state index contributed by atoms with van der Waals surface area (Å²) in [7, 11) is -3.38. The molecule has 1 heterocycles. The van der Waals surface area contributed by atoms with E-state index in [1.807, 2.05) is 18.2 Å². The summed E-state index contributed by atoms with van der Waals surface area (Å²) >= 11 is 9.74. The van der Waals surface area contributed by atoms with Crippen molar-refractivity contribution in [3.8, 4) is 11.4 Å². The quantitative estimate of drug-likeness (QED) is 0.280. The first-order valence-electron chi connectivity index (χ1n) is 8.93. The molecule has 0 spiro atoms. The molecule has 5 rings (SSSR count). The van der Waals surface area contributed by atoms with E-state index in [9.17, 15) is 12.8 Å². The van der Waals surface area contributed by atoms with Crippen LogP contribution >= 0.6 is 27.5 Å². The second-order valence-electron chi connectivity index (χ2n) is 7.08. The van der Waals surface area contributed by atoms with Gasteiger partial charge in [-0.05, 0) is 47.2 Å². The molecular weight excluding hydrogens is 491 g/mol. The van der Waals surface area contributed by atoms with Crippen LogP contribution in [-0.4, -0.2) is 24.6 Å². The fourth-order valence-electron chi connectivity index (χ4n) is 3.75. The van der Waals surface area contributed by atoms with Gasteiger partial charge in [0.1, 0.15) is 11.6 Å². The van der Waals surface area contributed by atoms with E-state index in [0.717, 1.165) is 31.5 Å². The number of H-pyrrole nitrogens is 1. The molecule has 0 unspecified atom stereocenters. The molecule has 0 atom stereocenters. The molecular formula is C22H13BrClFN2O2S. The van der Waals surface area contributed by atoms with E-state index in [-0.39, 0.29) is 15.5 Å². The smallest absolute Gasteiger partial charge is 0.175 e. The van der Waals surface area contributed by atoms with E-state index >= 15 is 0 Å². The molecule has 150 valence electrons. The summed E-state index contributed by atoms with van der Waals surface area (Å²) in [6.45, 7) is 0. The minimum atomic E-state index is -3.38. The number of aromatic amines is 1. The van der Waals surface area contributed by atoms with Crippen molar-refractivity contribution in [2.75, 3.05) is 6.26 Å². The minimum Gasteiger partial charge on any atom is -0.337 e. The molecule has 0 fully saturated rings. The van der Waals surface area contributed by atoms with Crippen LogP contribution in [0.2, 0.25) is 5.02 Å². The highest BCUT2D eigenvalue weighted by molar-refractivity contribution is 9.10. The van der Waals surface area contributed by atoms with Gasteiger partial charge in [-0.1, -0.05) is 45.7 Å². The summed E-state index contributed by atoms with van der Waals surface area (Å²) in [5.41, 5.74) is 1.54. The maximum Gasteiger partial charge on any atom is 0.175 e. The third kappa shape index (κ3) is 3.00. The molecule has 5 aromatic rings. The fraction of sp³-hybridized carbons (Fsp3) is 0.0455. The molecule has 8 heteroatoms. The predicted molar refractivity (Wildman–Crippen MR) is 122 cm³/mol. The van der Waals surface area contributed by atoms with Crippen LogP contribution < -0.4 is 0 Å². The van der Waals surface area contributed by atoms with Crippen LogP contribution in [0.25, 0.3) is 44.0 Å². The zero-order chi connectivity index (χ0) is 21.2. The maximum atomic E-state index is 14.5. The van der Waals surface area contributed by atoms with Gasteiger partial charge in [0.25, 0.3) is 0 Å². The number of fused-ring (bicyclic) bond motifs is 6. The van der Waals surface area contributed by atoms with Crippen molar-refractivity contribution in [1.82, 2.24) is 9.97 Å². The predicted octanol–water partition coefficient (Wildman–Crippen LogP) is 6.49. The molecule has 0 aliphatic carbocycles. The van der Waals surface area contributed by atoms with Crippen molar-refractivity contribution in [3.05, 3.63) is 69.9 Å². The monoisotopic (exact) mass is 502 g/mol. The first-order chi connectivity index (χ1) is 14.2. The van der Waals surface area contributed by atoms with Gasteiger partial charge in [0, 0.05) is 21.5 Å². The van der Waals surface area contributed by atoms with Crippen molar-refractivity contribution < 1.29 is 12.8 Å². The Balaban J connectivity index is 1.97. The van der Waals surface area contributed by atoms with Gasteiger partial charge in [-0.15, -0.1) is 0 Å². The molecule has 0 bridgehead atoms. The van der Waals surface area contributed by atoms with Crippen LogP contribution in [-0.2, 0) is 9.84 Å². The lowest BCUT2D eigenvalue weighted by atomic mass is 10.00. The van der Waals surface area contributed by atoms with E-state index in [2.05, 4.69) is 25.9 Å². The van der Waals surface area contributed by atoms with E-state index < -0.39 is 15.7 Å². The topological polar surface area (TPSA) is 62.8 Å². The molecule has 1 N–H and O–H groups in total. The van der Waals surface area contributed by atoms with Crippen LogP contribution in [0.4, 0.5) is 4.39 Å². The van der Waals surface area contributed by atoms with E-state index in [4.69, 9.17) is 11.6 Å². The molecule has 0 aliphatic heterocycles. The number of imidazole rings is 1. The third-order valence-corrected chi connectivity index (χ3v) is 7.04. The van der Waals surface area contributed by atoms with Gasteiger partial charge < -0.3 is 4.98 Å². The number of halogens is 3.